The molecule has 36 heavy (non-hydrogen) atoms. The number of benzene rings is 1. The molecule has 3 heterocycles. The van der Waals surface area contributed by atoms with Crippen LogP contribution in [-0.4, -0.2) is 58.6 Å². The molecule has 0 radical (unpaired) electrons. The van der Waals surface area contributed by atoms with Crippen LogP contribution >= 0.6 is 0 Å². The van der Waals surface area contributed by atoms with Crippen LogP contribution in [-0.2, 0) is 28.6 Å². The average molecular weight is 502 g/mol. The molecule has 0 aliphatic carbocycles. The molecule has 2 fully saturated rings. The molecule has 2 aliphatic heterocycles. The summed E-state index contributed by atoms with van der Waals surface area (Å²) < 4.78 is 22.6. The first-order chi connectivity index (χ1) is 17.3. The fourth-order valence-corrected chi connectivity index (χ4v) is 3.73. The maximum absolute atomic E-state index is 12.7. The van der Waals surface area contributed by atoms with Gasteiger partial charge >= 0.3 is 23.8 Å². The second kappa shape index (κ2) is 10.7. The molecule has 4 rings (SSSR count). The van der Waals surface area contributed by atoms with Gasteiger partial charge in [-0.25, -0.2) is 14.4 Å². The Morgan fingerprint density at radius 2 is 1.89 bits per heavy atom. The van der Waals surface area contributed by atoms with Crippen LogP contribution in [0.3, 0.4) is 0 Å². The monoisotopic (exact) mass is 502 g/mol. The van der Waals surface area contributed by atoms with Crippen molar-refractivity contribution in [1.29, 1.82) is 0 Å². The fraction of sp³-hybridized carbons (Fsp3) is 0.435. The molecule has 13 heteroatoms. The van der Waals surface area contributed by atoms with Crippen molar-refractivity contribution >= 4 is 23.9 Å². The third-order valence-electron chi connectivity index (χ3n) is 6.03. The van der Waals surface area contributed by atoms with E-state index in [1.807, 2.05) is 13.8 Å². The van der Waals surface area contributed by atoms with Gasteiger partial charge in [-0.05, 0) is 18.1 Å². The number of nitrogens with zero attached hydrogens (tertiary/aromatic N) is 2. The van der Waals surface area contributed by atoms with E-state index in [9.17, 15) is 19.2 Å². The Labute approximate surface area is 205 Å². The van der Waals surface area contributed by atoms with E-state index in [2.05, 4.69) is 10.5 Å². The zero-order valence-corrected chi connectivity index (χ0v) is 19.6. The number of hydrogen-bond donors (Lipinski definition) is 2. The summed E-state index contributed by atoms with van der Waals surface area (Å²) in [7, 11) is 0. The Morgan fingerprint density at radius 1 is 1.17 bits per heavy atom. The minimum absolute atomic E-state index is 0.0285. The van der Waals surface area contributed by atoms with Gasteiger partial charge in [-0.1, -0.05) is 38.5 Å². The van der Waals surface area contributed by atoms with Crippen LogP contribution in [0.1, 0.15) is 36.9 Å². The molecule has 0 spiro atoms. The third-order valence-corrected chi connectivity index (χ3v) is 6.03. The number of rotatable bonds is 9. The van der Waals surface area contributed by atoms with Gasteiger partial charge in [0.1, 0.15) is 18.8 Å². The van der Waals surface area contributed by atoms with E-state index in [-0.39, 0.29) is 18.3 Å². The molecule has 2 aromatic rings. The highest BCUT2D eigenvalue weighted by Gasteiger charge is 2.55. The summed E-state index contributed by atoms with van der Waals surface area (Å²) in [6.45, 7) is 3.48. The Balaban J connectivity index is 1.42. The Kier molecular flexibility index (Phi) is 7.50. The van der Waals surface area contributed by atoms with Crippen molar-refractivity contribution in [3.05, 3.63) is 58.6 Å². The van der Waals surface area contributed by atoms with Gasteiger partial charge in [0.15, 0.2) is 24.3 Å². The van der Waals surface area contributed by atoms with E-state index in [0.29, 0.717) is 12.0 Å². The third kappa shape index (κ3) is 5.31. The summed E-state index contributed by atoms with van der Waals surface area (Å²) >= 11 is 0. The highest BCUT2D eigenvalue weighted by molar-refractivity contribution is 5.89. The second-order valence-corrected chi connectivity index (χ2v) is 8.38. The first-order valence-corrected chi connectivity index (χ1v) is 11.3. The zero-order chi connectivity index (χ0) is 25.8. The molecule has 0 amide bonds. The maximum atomic E-state index is 12.7. The van der Waals surface area contributed by atoms with Crippen molar-refractivity contribution in [2.45, 2.75) is 50.8 Å². The molecular weight excluding hydrogens is 476 g/mol. The van der Waals surface area contributed by atoms with Gasteiger partial charge in [0.05, 0.1) is 5.56 Å². The normalized spacial score (nSPS) is 24.1. The van der Waals surface area contributed by atoms with E-state index in [0.717, 1.165) is 4.57 Å². The topological polar surface area (TPSA) is 170 Å². The lowest BCUT2D eigenvalue weighted by Crippen LogP contribution is -2.40. The summed E-state index contributed by atoms with van der Waals surface area (Å²) in [5.74, 6) is -1.39. The second-order valence-electron chi connectivity index (χ2n) is 8.38. The smallest absolute Gasteiger partial charge is 0.462 e. The van der Waals surface area contributed by atoms with Crippen molar-refractivity contribution in [3.63, 3.8) is 0 Å². The summed E-state index contributed by atoms with van der Waals surface area (Å²) in [6.07, 6.45) is -2.77. The number of hydrogen-bond acceptors (Lipinski definition) is 12. The van der Waals surface area contributed by atoms with Crippen LogP contribution in [0, 0.1) is 5.92 Å². The summed E-state index contributed by atoms with van der Waals surface area (Å²) in [6, 6.07) is 8.81. The van der Waals surface area contributed by atoms with Gasteiger partial charge in [0.25, 0.3) is 0 Å². The van der Waals surface area contributed by atoms with Crippen molar-refractivity contribution in [1.82, 2.24) is 9.55 Å². The first-order valence-electron chi connectivity index (χ1n) is 11.3. The molecule has 3 N–H and O–H groups in total. The van der Waals surface area contributed by atoms with E-state index >= 15 is 0 Å². The van der Waals surface area contributed by atoms with Crippen LogP contribution in [0.5, 0.6) is 0 Å². The lowest BCUT2D eigenvalue weighted by molar-refractivity contribution is -0.153. The van der Waals surface area contributed by atoms with Crippen molar-refractivity contribution in [2.24, 2.45) is 11.7 Å². The van der Waals surface area contributed by atoms with Gasteiger partial charge in [0.2, 0.25) is 0 Å². The van der Waals surface area contributed by atoms with Gasteiger partial charge in [-0.15, -0.1) is 0 Å². The van der Waals surface area contributed by atoms with Crippen LogP contribution in [0.4, 0.5) is 10.6 Å². The van der Waals surface area contributed by atoms with Crippen LogP contribution < -0.4 is 16.9 Å². The van der Waals surface area contributed by atoms with Crippen LogP contribution in [0.15, 0.2) is 47.4 Å². The molecule has 2 aliphatic rings. The predicted octanol–water partition coefficient (Wildman–Crippen LogP) is 1.15. The van der Waals surface area contributed by atoms with E-state index in [4.69, 9.17) is 29.5 Å². The standard InChI is InChI=1S/C23H26N4O9/c1-3-12(2)16(24)21(29)32-11-14-17-18(35-23(31)34-17)19(33-14)27-10-9-15(25-22(27)30)26-36-20(28)13-7-5-4-6-8-13/h4-10,12,14,16-19H,3,11,24H2,1-2H3,(H,25,26,30)/t12-,14-,16-,17-,18-,19-/m1/s1. The number of fused-ring (bicyclic) bond motifs is 1. The number of ether oxygens (including phenoxy) is 4. The lowest BCUT2D eigenvalue weighted by atomic mass is 10.0. The van der Waals surface area contributed by atoms with Gasteiger partial charge < -0.3 is 29.5 Å². The summed E-state index contributed by atoms with van der Waals surface area (Å²) in [5.41, 5.74) is 7.75. The van der Waals surface area contributed by atoms with E-state index in [1.165, 1.54) is 12.3 Å². The number of nitrogens with one attached hydrogen (secondary N) is 1. The molecule has 0 bridgehead atoms. The van der Waals surface area contributed by atoms with E-state index < -0.39 is 54.4 Å². The molecular formula is C23H26N4O9. The van der Waals surface area contributed by atoms with Crippen molar-refractivity contribution in [2.75, 3.05) is 12.1 Å². The Morgan fingerprint density at radius 3 is 2.58 bits per heavy atom. The molecule has 2 saturated heterocycles. The quantitative estimate of drug-likeness (QED) is 0.285. The molecule has 192 valence electrons. The molecule has 0 saturated carbocycles. The highest BCUT2D eigenvalue weighted by Crippen LogP contribution is 2.37. The maximum Gasteiger partial charge on any atom is 0.509 e. The Hall–Kier alpha value is -3.97. The highest BCUT2D eigenvalue weighted by atomic mass is 16.8. The summed E-state index contributed by atoms with van der Waals surface area (Å²) in [5, 5.41) is 0. The molecule has 1 aromatic carbocycles. The zero-order valence-electron chi connectivity index (χ0n) is 19.6. The number of carbonyl (C=O) groups excluding carboxylic acids is 3. The largest absolute Gasteiger partial charge is 0.509 e. The van der Waals surface area contributed by atoms with E-state index in [1.54, 1.807) is 30.3 Å². The number of nitrogens with two attached hydrogens (primary N) is 1. The van der Waals surface area contributed by atoms with Gasteiger partial charge in [-0.3, -0.25) is 9.36 Å². The van der Waals surface area contributed by atoms with Crippen molar-refractivity contribution < 1.29 is 38.2 Å². The number of esters is 1. The SMILES string of the molecule is CC[C@@H](C)[C@@H](N)C(=O)OC[C@H]1O[C@@H](n2ccc(NOC(=O)c3ccccc3)nc2=O)[C@@H]2OC(=O)O[C@@H]21. The number of anilines is 1. The minimum Gasteiger partial charge on any atom is -0.462 e. The molecule has 0 unspecified atom stereocenters. The number of carbonyl (C=O) groups is 3. The molecule has 13 nitrogen and oxygen atoms in total. The molecule has 6 atom stereocenters. The average Bonchev–Trinajstić information content (AvgIpc) is 3.42. The van der Waals surface area contributed by atoms with Crippen LogP contribution in [0.2, 0.25) is 0 Å². The predicted molar refractivity (Wildman–Crippen MR) is 121 cm³/mol. The van der Waals surface area contributed by atoms with Gasteiger partial charge in [0, 0.05) is 12.3 Å². The van der Waals surface area contributed by atoms with Crippen molar-refractivity contribution in [3.8, 4) is 0 Å². The summed E-state index contributed by atoms with van der Waals surface area (Å²) in [4.78, 5) is 57.5. The van der Waals surface area contributed by atoms with Gasteiger partial charge in [-0.2, -0.15) is 10.5 Å². The minimum atomic E-state index is -1.09. The fourth-order valence-electron chi connectivity index (χ4n) is 3.73. The first kappa shape index (κ1) is 25.1. The number of aromatic nitrogens is 2. The molecule has 1 aromatic heterocycles. The van der Waals surface area contributed by atoms with Crippen LogP contribution in [0.25, 0.3) is 0 Å². The Bertz CT molecular complexity index is 1170. The lowest BCUT2D eigenvalue weighted by Gasteiger charge is -2.20.